The molecule has 1 aromatic heterocycles. The van der Waals surface area contributed by atoms with Gasteiger partial charge in [0.2, 0.25) is 5.91 Å². The number of ether oxygens (including phenoxy) is 1. The largest absolute Gasteiger partial charge is 0.444 e. The first kappa shape index (κ1) is 29.2. The molecule has 3 aliphatic rings. The molecule has 0 bridgehead atoms. The standard InChI is InChI=1S/C34H41FN4O4/c1-34(2,3)43-33(42)37-29(21-10-6-4-7-11-21)32(41)38-17-16-28-30(38)26(20-39(28)31(40)22-12-8-5-9-13-22)25-19-36-27-18-23(35)14-15-24(25)27/h5,8-9,12-15,18-19,21,26,28-30,36H,4,6-7,10-11,16-17,20H2,1-3H3,(H,37,42)/t26-,28-,29+,30-/m1/s1. The van der Waals surface area contributed by atoms with Gasteiger partial charge >= 0.3 is 6.09 Å². The van der Waals surface area contributed by atoms with Gasteiger partial charge in [-0.05, 0) is 81.8 Å². The van der Waals surface area contributed by atoms with E-state index in [1.807, 2.05) is 67.1 Å². The zero-order valence-corrected chi connectivity index (χ0v) is 25.1. The number of fused-ring (bicyclic) bond motifs is 2. The molecule has 43 heavy (non-hydrogen) atoms. The molecule has 3 fully saturated rings. The van der Waals surface area contributed by atoms with Gasteiger partial charge in [-0.15, -0.1) is 0 Å². The van der Waals surface area contributed by atoms with E-state index in [1.165, 1.54) is 12.1 Å². The molecule has 228 valence electrons. The molecular weight excluding hydrogens is 547 g/mol. The molecule has 3 aromatic rings. The van der Waals surface area contributed by atoms with Crippen molar-refractivity contribution in [1.82, 2.24) is 20.1 Å². The molecule has 4 atom stereocenters. The van der Waals surface area contributed by atoms with Crippen LogP contribution in [-0.4, -0.2) is 69.5 Å². The van der Waals surface area contributed by atoms with Crippen molar-refractivity contribution in [3.63, 3.8) is 0 Å². The summed E-state index contributed by atoms with van der Waals surface area (Å²) in [5, 5.41) is 3.85. The van der Waals surface area contributed by atoms with Gasteiger partial charge in [0.25, 0.3) is 5.91 Å². The third-order valence-corrected chi connectivity index (χ3v) is 9.33. The lowest BCUT2D eigenvalue weighted by Crippen LogP contribution is -2.55. The Morgan fingerprint density at radius 1 is 1.00 bits per heavy atom. The summed E-state index contributed by atoms with van der Waals surface area (Å²) in [5.74, 6) is -0.668. The number of alkyl carbamates (subject to hydrolysis) is 1. The van der Waals surface area contributed by atoms with Crippen molar-refractivity contribution in [2.75, 3.05) is 13.1 Å². The van der Waals surface area contributed by atoms with Crippen LogP contribution in [-0.2, 0) is 9.53 Å². The number of halogens is 1. The van der Waals surface area contributed by atoms with Crippen molar-refractivity contribution in [3.8, 4) is 0 Å². The van der Waals surface area contributed by atoms with Crippen LogP contribution in [0, 0.1) is 11.7 Å². The Balaban J connectivity index is 1.35. The Labute approximate surface area is 251 Å². The molecule has 3 amide bonds. The van der Waals surface area contributed by atoms with Crippen molar-refractivity contribution in [3.05, 3.63) is 71.7 Å². The smallest absolute Gasteiger partial charge is 0.408 e. The van der Waals surface area contributed by atoms with Crippen LogP contribution < -0.4 is 5.32 Å². The quantitative estimate of drug-likeness (QED) is 0.383. The molecule has 1 saturated carbocycles. The van der Waals surface area contributed by atoms with Gasteiger partial charge < -0.3 is 24.8 Å². The third kappa shape index (κ3) is 5.86. The fourth-order valence-electron chi connectivity index (χ4n) is 7.49. The van der Waals surface area contributed by atoms with Gasteiger partial charge in [0.1, 0.15) is 17.5 Å². The van der Waals surface area contributed by atoms with Gasteiger partial charge in [-0.2, -0.15) is 0 Å². The summed E-state index contributed by atoms with van der Waals surface area (Å²) < 4.78 is 19.6. The molecule has 9 heteroatoms. The average Bonchev–Trinajstić information content (AvgIpc) is 3.69. The summed E-state index contributed by atoms with van der Waals surface area (Å²) in [7, 11) is 0. The van der Waals surface area contributed by atoms with Gasteiger partial charge in [0, 0.05) is 41.7 Å². The van der Waals surface area contributed by atoms with Crippen LogP contribution in [0.5, 0.6) is 0 Å². The predicted octanol–water partition coefficient (Wildman–Crippen LogP) is 5.99. The summed E-state index contributed by atoms with van der Waals surface area (Å²) >= 11 is 0. The van der Waals surface area contributed by atoms with Crippen LogP contribution >= 0.6 is 0 Å². The maximum Gasteiger partial charge on any atom is 0.408 e. The minimum absolute atomic E-state index is 0.0192. The topological polar surface area (TPSA) is 94.7 Å². The number of aromatic amines is 1. The van der Waals surface area contributed by atoms with Gasteiger partial charge in [-0.3, -0.25) is 9.59 Å². The minimum atomic E-state index is -0.703. The number of nitrogens with one attached hydrogen (secondary N) is 2. The second kappa shape index (κ2) is 11.7. The molecular formula is C34H41FN4O4. The van der Waals surface area contributed by atoms with Crippen LogP contribution in [0.3, 0.4) is 0 Å². The van der Waals surface area contributed by atoms with Crippen molar-refractivity contribution in [2.24, 2.45) is 5.92 Å². The van der Waals surface area contributed by atoms with E-state index in [-0.39, 0.29) is 41.6 Å². The number of benzene rings is 2. The Bertz CT molecular complexity index is 1490. The molecule has 1 aliphatic carbocycles. The molecule has 2 aromatic carbocycles. The highest BCUT2D eigenvalue weighted by atomic mass is 19.1. The Morgan fingerprint density at radius 2 is 1.74 bits per heavy atom. The summed E-state index contributed by atoms with van der Waals surface area (Å²) in [5.41, 5.74) is 1.57. The predicted molar refractivity (Wildman–Crippen MR) is 162 cm³/mol. The number of nitrogens with zero attached hydrogens (tertiary/aromatic N) is 2. The molecule has 2 aliphatic heterocycles. The molecule has 6 rings (SSSR count). The fourth-order valence-corrected chi connectivity index (χ4v) is 7.49. The molecule has 2 N–H and O–H groups in total. The molecule has 0 unspecified atom stereocenters. The molecule has 8 nitrogen and oxygen atoms in total. The van der Waals surface area contributed by atoms with E-state index < -0.39 is 17.7 Å². The Hall–Kier alpha value is -3.88. The van der Waals surface area contributed by atoms with E-state index in [1.54, 1.807) is 6.07 Å². The second-order valence-corrected chi connectivity index (χ2v) is 13.3. The number of amides is 3. The maximum absolute atomic E-state index is 14.6. The number of H-pyrrole nitrogens is 1. The number of likely N-dealkylation sites (tertiary alicyclic amines) is 2. The number of carbonyl (C=O) groups excluding carboxylic acids is 3. The summed E-state index contributed by atoms with van der Waals surface area (Å²) in [6.07, 6.45) is 6.84. The van der Waals surface area contributed by atoms with Crippen LogP contribution in [0.4, 0.5) is 9.18 Å². The van der Waals surface area contributed by atoms with Gasteiger partial charge in [-0.1, -0.05) is 37.5 Å². The van der Waals surface area contributed by atoms with E-state index in [2.05, 4.69) is 10.3 Å². The van der Waals surface area contributed by atoms with Crippen molar-refractivity contribution in [1.29, 1.82) is 0 Å². The molecule has 2 saturated heterocycles. The number of hydrogen-bond acceptors (Lipinski definition) is 4. The number of aromatic nitrogens is 1. The van der Waals surface area contributed by atoms with E-state index >= 15 is 0 Å². The SMILES string of the molecule is CC(C)(C)OC(=O)N[C@H](C(=O)N1CC[C@@H]2[C@H]1[C@@H](c1c[nH]c3cc(F)ccc13)CN2C(=O)c1ccccc1)C1CCCCC1. The summed E-state index contributed by atoms with van der Waals surface area (Å²) in [6, 6.07) is 12.8. The summed E-state index contributed by atoms with van der Waals surface area (Å²) in [4.78, 5) is 48.4. The highest BCUT2D eigenvalue weighted by molar-refractivity contribution is 5.95. The van der Waals surface area contributed by atoms with Crippen molar-refractivity contribution < 1.29 is 23.5 Å². The van der Waals surface area contributed by atoms with E-state index in [0.717, 1.165) is 43.1 Å². The normalized spacial score (nSPS) is 23.3. The Kier molecular flexibility index (Phi) is 7.92. The summed E-state index contributed by atoms with van der Waals surface area (Å²) in [6.45, 7) is 6.35. The van der Waals surface area contributed by atoms with Crippen LogP contribution in [0.15, 0.2) is 54.7 Å². The van der Waals surface area contributed by atoms with Gasteiger partial charge in [0.15, 0.2) is 0 Å². The van der Waals surface area contributed by atoms with Crippen LogP contribution in [0.25, 0.3) is 10.9 Å². The lowest BCUT2D eigenvalue weighted by atomic mass is 9.83. The first-order valence-electron chi connectivity index (χ1n) is 15.5. The van der Waals surface area contributed by atoms with Crippen LogP contribution in [0.2, 0.25) is 0 Å². The monoisotopic (exact) mass is 588 g/mol. The second-order valence-electron chi connectivity index (χ2n) is 13.3. The number of carbonyl (C=O) groups is 3. The average molecular weight is 589 g/mol. The van der Waals surface area contributed by atoms with E-state index in [4.69, 9.17) is 4.74 Å². The van der Waals surface area contributed by atoms with E-state index in [9.17, 15) is 18.8 Å². The lowest BCUT2D eigenvalue weighted by molar-refractivity contribution is -0.136. The maximum atomic E-state index is 14.6. The van der Waals surface area contributed by atoms with Gasteiger partial charge in [-0.25, -0.2) is 9.18 Å². The molecule has 3 heterocycles. The molecule has 0 spiro atoms. The highest BCUT2D eigenvalue weighted by Gasteiger charge is 2.54. The third-order valence-electron chi connectivity index (χ3n) is 9.33. The highest BCUT2D eigenvalue weighted by Crippen LogP contribution is 2.44. The van der Waals surface area contributed by atoms with E-state index in [0.29, 0.717) is 30.6 Å². The zero-order valence-electron chi connectivity index (χ0n) is 25.1. The fraction of sp³-hybridized carbons (Fsp3) is 0.500. The first-order chi connectivity index (χ1) is 20.6. The molecule has 0 radical (unpaired) electrons. The zero-order chi connectivity index (χ0) is 30.3. The Morgan fingerprint density at radius 3 is 2.47 bits per heavy atom. The van der Waals surface area contributed by atoms with Crippen molar-refractivity contribution >= 4 is 28.8 Å². The number of rotatable bonds is 5. The van der Waals surface area contributed by atoms with Gasteiger partial charge in [0.05, 0.1) is 12.1 Å². The van der Waals surface area contributed by atoms with Crippen molar-refractivity contribution in [2.45, 2.75) is 88.9 Å². The van der Waals surface area contributed by atoms with Crippen LogP contribution in [0.1, 0.15) is 81.1 Å². The lowest BCUT2D eigenvalue weighted by Gasteiger charge is -2.36. The minimum Gasteiger partial charge on any atom is -0.444 e. The number of hydrogen-bond donors (Lipinski definition) is 2. The first-order valence-corrected chi connectivity index (χ1v) is 15.5.